The van der Waals surface area contributed by atoms with Crippen LogP contribution in [0.15, 0.2) is 34.8 Å². The van der Waals surface area contributed by atoms with Gasteiger partial charge in [-0.1, -0.05) is 6.07 Å². The monoisotopic (exact) mass is 528 g/mol. The fourth-order valence-electron chi connectivity index (χ4n) is 5.92. The van der Waals surface area contributed by atoms with E-state index in [-0.39, 0.29) is 48.2 Å². The van der Waals surface area contributed by atoms with E-state index >= 15 is 0 Å². The summed E-state index contributed by atoms with van der Waals surface area (Å²) in [7, 11) is 3.14. The third kappa shape index (κ3) is 4.00. The molecule has 0 unspecified atom stereocenters. The molecule has 0 bridgehead atoms. The first-order chi connectivity index (χ1) is 17.7. The highest BCUT2D eigenvalue weighted by atomic mass is 16.3. The van der Waals surface area contributed by atoms with Crippen molar-refractivity contribution in [2.75, 3.05) is 26.0 Å². The van der Waals surface area contributed by atoms with Crippen molar-refractivity contribution >= 4 is 29.1 Å². The molecule has 8 N–H and O–H groups in total. The van der Waals surface area contributed by atoms with E-state index in [1.807, 2.05) is 0 Å². The molecule has 2 amide bonds. The smallest absolute Gasteiger partial charge is 0.255 e. The zero-order valence-corrected chi connectivity index (χ0v) is 21.5. The number of hydrogen-bond donors (Lipinski definition) is 7. The summed E-state index contributed by atoms with van der Waals surface area (Å²) in [5.74, 6) is -7.38. The first-order valence-corrected chi connectivity index (χ1v) is 12.2. The maximum absolute atomic E-state index is 13.7. The number of primary amides is 1. The fraction of sp³-hybridized carbons (Fsp3) is 0.462. The molecule has 0 radical (unpaired) electrons. The summed E-state index contributed by atoms with van der Waals surface area (Å²) in [6.45, 7) is 3.43. The van der Waals surface area contributed by atoms with Gasteiger partial charge in [-0.15, -0.1) is 0 Å². The minimum Gasteiger partial charge on any atom is -0.510 e. The second-order valence-electron chi connectivity index (χ2n) is 10.5. The predicted molar refractivity (Wildman–Crippen MR) is 135 cm³/mol. The fourth-order valence-corrected chi connectivity index (χ4v) is 5.92. The van der Waals surface area contributed by atoms with Gasteiger partial charge in [-0.3, -0.25) is 24.1 Å². The molecular formula is C26H32N4O8. The number of carbonyl (C=O) groups is 4. The van der Waals surface area contributed by atoms with Gasteiger partial charge in [0.15, 0.2) is 11.4 Å². The summed E-state index contributed by atoms with van der Waals surface area (Å²) in [4.78, 5) is 52.5. The Morgan fingerprint density at radius 1 is 1.18 bits per heavy atom. The molecule has 0 aromatic heterocycles. The quantitative estimate of drug-likeness (QED) is 0.195. The molecular weight excluding hydrogens is 496 g/mol. The predicted octanol–water partition coefficient (Wildman–Crippen LogP) is 0.0571. The first kappa shape index (κ1) is 27.1. The SMILES string of the molecule is CC(C)NC(=O)CNc1ccc2c(c1O)C(=O)C1=C(O)[C@@]3(O)C(=O)C(C(N)=O)=C(O)[C@@H](N(C)C)[C@H]3C[C@H]1C2. The number of Topliss-reactive ketones (excluding diaryl/α,β-unsaturated/α-hetero) is 2. The Kier molecular flexibility index (Phi) is 6.74. The lowest BCUT2D eigenvalue weighted by atomic mass is 9.58. The van der Waals surface area contributed by atoms with Gasteiger partial charge in [0.05, 0.1) is 23.8 Å². The number of fused-ring (bicyclic) bond motifs is 3. The van der Waals surface area contributed by atoms with Gasteiger partial charge in [0.25, 0.3) is 5.91 Å². The molecule has 12 nitrogen and oxygen atoms in total. The number of anilines is 1. The van der Waals surface area contributed by atoms with Gasteiger partial charge in [-0.2, -0.15) is 0 Å². The summed E-state index contributed by atoms with van der Waals surface area (Å²) in [5, 5.41) is 50.1. The van der Waals surface area contributed by atoms with Crippen LogP contribution in [0.25, 0.3) is 0 Å². The molecule has 4 atom stereocenters. The molecule has 3 aliphatic carbocycles. The third-order valence-corrected chi connectivity index (χ3v) is 7.48. The first-order valence-electron chi connectivity index (χ1n) is 12.2. The maximum Gasteiger partial charge on any atom is 0.255 e. The van der Waals surface area contributed by atoms with Crippen LogP contribution >= 0.6 is 0 Å². The number of aliphatic hydroxyl groups excluding tert-OH is 2. The molecule has 0 heterocycles. The molecule has 1 aromatic carbocycles. The van der Waals surface area contributed by atoms with Crippen LogP contribution in [0.2, 0.25) is 0 Å². The summed E-state index contributed by atoms with van der Waals surface area (Å²) in [6, 6.07) is 2.04. The van der Waals surface area contributed by atoms with Crippen molar-refractivity contribution in [1.29, 1.82) is 0 Å². The molecule has 0 aliphatic heterocycles. The molecule has 0 fully saturated rings. The number of likely N-dealkylation sites (N-methyl/N-ethyl adjacent to an activating group) is 1. The molecule has 204 valence electrons. The number of ketones is 2. The lowest BCUT2D eigenvalue weighted by Gasteiger charge is -2.50. The largest absolute Gasteiger partial charge is 0.510 e. The van der Waals surface area contributed by atoms with E-state index in [1.165, 1.54) is 11.0 Å². The number of aliphatic hydroxyl groups is 3. The number of nitrogens with two attached hydrogens (primary N) is 1. The molecule has 1 aromatic rings. The number of amides is 2. The van der Waals surface area contributed by atoms with Gasteiger partial charge in [-0.25, -0.2) is 0 Å². The van der Waals surface area contributed by atoms with E-state index in [9.17, 15) is 39.6 Å². The highest BCUT2D eigenvalue weighted by molar-refractivity contribution is 6.24. The van der Waals surface area contributed by atoms with E-state index < -0.39 is 63.8 Å². The van der Waals surface area contributed by atoms with Gasteiger partial charge >= 0.3 is 0 Å². The topological polar surface area (TPSA) is 203 Å². The van der Waals surface area contributed by atoms with E-state index in [1.54, 1.807) is 34.0 Å². The van der Waals surface area contributed by atoms with E-state index in [0.717, 1.165) is 0 Å². The minimum atomic E-state index is -2.69. The van der Waals surface area contributed by atoms with Gasteiger partial charge in [-0.05, 0) is 58.3 Å². The average molecular weight is 529 g/mol. The molecule has 0 saturated heterocycles. The third-order valence-electron chi connectivity index (χ3n) is 7.48. The number of rotatable bonds is 6. The van der Waals surface area contributed by atoms with Gasteiger partial charge < -0.3 is 36.8 Å². The summed E-state index contributed by atoms with van der Waals surface area (Å²) in [6.07, 6.45) is 0.206. The van der Waals surface area contributed by atoms with E-state index in [4.69, 9.17) is 5.73 Å². The number of allylic oxidation sites excluding steroid dienone is 1. The molecule has 3 aliphatic rings. The van der Waals surface area contributed by atoms with Crippen LogP contribution < -0.4 is 16.4 Å². The number of carbonyl (C=O) groups excluding carboxylic acids is 4. The Bertz CT molecular complexity index is 1310. The van der Waals surface area contributed by atoms with Crippen LogP contribution in [-0.4, -0.2) is 87.0 Å². The van der Waals surface area contributed by atoms with Crippen LogP contribution in [-0.2, 0) is 20.8 Å². The normalized spacial score (nSPS) is 26.8. The molecule has 38 heavy (non-hydrogen) atoms. The van der Waals surface area contributed by atoms with Crippen LogP contribution in [0.3, 0.4) is 0 Å². The van der Waals surface area contributed by atoms with Crippen LogP contribution in [0.1, 0.15) is 36.2 Å². The average Bonchev–Trinajstić information content (AvgIpc) is 2.80. The molecule has 12 heteroatoms. The Morgan fingerprint density at radius 2 is 1.84 bits per heavy atom. The summed E-state index contributed by atoms with van der Waals surface area (Å²) in [5.41, 5.74) is 2.02. The van der Waals surface area contributed by atoms with Crippen molar-refractivity contribution in [2.24, 2.45) is 17.6 Å². The number of hydrogen-bond acceptors (Lipinski definition) is 10. The summed E-state index contributed by atoms with van der Waals surface area (Å²) >= 11 is 0. The van der Waals surface area contributed by atoms with Crippen molar-refractivity contribution in [3.05, 3.63) is 45.9 Å². The Balaban J connectivity index is 1.79. The van der Waals surface area contributed by atoms with Crippen LogP contribution in [0.5, 0.6) is 5.75 Å². The van der Waals surface area contributed by atoms with Crippen LogP contribution in [0, 0.1) is 11.8 Å². The Labute approximate surface area is 218 Å². The zero-order chi connectivity index (χ0) is 28.3. The zero-order valence-electron chi connectivity index (χ0n) is 21.5. The highest BCUT2D eigenvalue weighted by Crippen LogP contribution is 2.52. The van der Waals surface area contributed by atoms with E-state index in [0.29, 0.717) is 5.56 Å². The number of aromatic hydroxyl groups is 1. The van der Waals surface area contributed by atoms with Crippen molar-refractivity contribution in [3.63, 3.8) is 0 Å². The summed E-state index contributed by atoms with van der Waals surface area (Å²) < 4.78 is 0. The van der Waals surface area contributed by atoms with Gasteiger partial charge in [0.2, 0.25) is 11.7 Å². The Morgan fingerprint density at radius 3 is 2.42 bits per heavy atom. The number of phenols is 1. The molecule has 4 rings (SSSR count). The number of benzene rings is 1. The lowest BCUT2D eigenvalue weighted by Crippen LogP contribution is -2.63. The van der Waals surface area contributed by atoms with E-state index in [2.05, 4.69) is 10.6 Å². The van der Waals surface area contributed by atoms with Crippen molar-refractivity contribution in [1.82, 2.24) is 10.2 Å². The maximum atomic E-state index is 13.7. The van der Waals surface area contributed by atoms with Crippen LogP contribution in [0.4, 0.5) is 5.69 Å². The second-order valence-corrected chi connectivity index (χ2v) is 10.5. The molecule has 0 saturated carbocycles. The van der Waals surface area contributed by atoms with Crippen molar-refractivity contribution < 1.29 is 39.6 Å². The number of phenolic OH excluding ortho intramolecular Hbond substituents is 1. The van der Waals surface area contributed by atoms with Gasteiger partial charge in [0, 0.05) is 17.5 Å². The standard InChI is InChI=1S/C26H32N4O8/c1-10(2)29-15(31)9-28-14-6-5-11-7-12-8-13-19(30(3)4)22(34)18(25(27)37)24(36)26(13,38)23(35)17(12)21(33)16(11)20(14)32/h5-6,10,12-13,19,28,32,34-35,38H,7-9H2,1-4H3,(H2,27,37)(H,29,31)/t12-,13-,19+,26-/m1/s1. The van der Waals surface area contributed by atoms with Crippen molar-refractivity contribution in [3.8, 4) is 5.75 Å². The van der Waals surface area contributed by atoms with Gasteiger partial charge in [0.1, 0.15) is 22.8 Å². The number of nitrogens with one attached hydrogen (secondary N) is 2. The Hall–Kier alpha value is -3.90. The lowest BCUT2D eigenvalue weighted by molar-refractivity contribution is -0.148. The molecule has 0 spiro atoms. The second kappa shape index (κ2) is 9.44. The van der Waals surface area contributed by atoms with Crippen molar-refractivity contribution in [2.45, 2.75) is 44.4 Å². The number of nitrogens with zero attached hydrogens (tertiary/aromatic N) is 1. The highest BCUT2D eigenvalue weighted by Gasteiger charge is 2.63. The minimum absolute atomic E-state index is 0.0158.